The minimum Gasteiger partial charge on any atom is -0.384 e. The van der Waals surface area contributed by atoms with E-state index in [9.17, 15) is 21.6 Å². The Balaban J connectivity index is 2.82. The maximum atomic E-state index is 12.6. The highest BCUT2D eigenvalue weighted by Crippen LogP contribution is 2.34. The van der Waals surface area contributed by atoms with Crippen molar-refractivity contribution < 1.29 is 21.6 Å². The van der Waals surface area contributed by atoms with Gasteiger partial charge in [-0.15, -0.1) is 11.6 Å². The highest BCUT2D eigenvalue weighted by atomic mass is 35.5. The predicted octanol–water partition coefficient (Wildman–Crippen LogP) is 4.05. The summed E-state index contributed by atoms with van der Waals surface area (Å²) in [5.41, 5.74) is -5.34. The fourth-order valence-corrected chi connectivity index (χ4v) is 2.81. The van der Waals surface area contributed by atoms with E-state index in [4.69, 9.17) is 11.6 Å². The van der Waals surface area contributed by atoms with Gasteiger partial charge in [0.15, 0.2) is 0 Å². The second-order valence-electron chi connectivity index (χ2n) is 4.77. The number of para-hydroxylation sites is 1. The third kappa shape index (κ3) is 4.78. The summed E-state index contributed by atoms with van der Waals surface area (Å²) < 4.78 is 60.8. The molecule has 21 heavy (non-hydrogen) atoms. The lowest BCUT2D eigenvalue weighted by molar-refractivity contribution is -0.0435. The van der Waals surface area contributed by atoms with Crippen molar-refractivity contribution in [3.05, 3.63) is 24.3 Å². The molecule has 1 aromatic rings. The van der Waals surface area contributed by atoms with Crippen LogP contribution in [0.1, 0.15) is 19.8 Å². The number of hydrogen-bond donors (Lipinski definition) is 1. The third-order valence-electron chi connectivity index (χ3n) is 2.93. The summed E-state index contributed by atoms with van der Waals surface area (Å²) in [5.74, 6) is 0.821. The van der Waals surface area contributed by atoms with Gasteiger partial charge in [0.2, 0.25) is 0 Å². The lowest BCUT2D eigenvalue weighted by atomic mass is 10.1. The molecular weight excluding hydrogens is 327 g/mol. The molecule has 1 aromatic carbocycles. The quantitative estimate of drug-likeness (QED) is 0.600. The Morgan fingerprint density at radius 1 is 1.29 bits per heavy atom. The van der Waals surface area contributed by atoms with Crippen LogP contribution in [0.15, 0.2) is 29.2 Å². The normalized spacial score (nSPS) is 14.0. The van der Waals surface area contributed by atoms with Crippen LogP contribution >= 0.6 is 11.6 Å². The summed E-state index contributed by atoms with van der Waals surface area (Å²) in [6.07, 6.45) is 1.50. The van der Waals surface area contributed by atoms with E-state index in [1.54, 1.807) is 0 Å². The molecule has 1 rings (SSSR count). The van der Waals surface area contributed by atoms with Crippen LogP contribution in [0.2, 0.25) is 0 Å². The Morgan fingerprint density at radius 2 is 1.90 bits per heavy atom. The van der Waals surface area contributed by atoms with E-state index in [1.807, 2.05) is 6.92 Å². The first-order chi connectivity index (χ1) is 9.70. The van der Waals surface area contributed by atoms with Gasteiger partial charge in [-0.05, 0) is 30.9 Å². The summed E-state index contributed by atoms with van der Waals surface area (Å²) in [4.78, 5) is -0.747. The molecular formula is C13H17ClF3NO2S. The fraction of sp³-hybridized carbons (Fsp3) is 0.538. The van der Waals surface area contributed by atoms with Gasteiger partial charge < -0.3 is 5.32 Å². The van der Waals surface area contributed by atoms with Gasteiger partial charge in [0, 0.05) is 12.4 Å². The van der Waals surface area contributed by atoms with Crippen LogP contribution in [-0.2, 0) is 9.84 Å². The fourth-order valence-electron chi connectivity index (χ4n) is 1.72. The van der Waals surface area contributed by atoms with Crippen molar-refractivity contribution in [3.63, 3.8) is 0 Å². The molecule has 1 atom stereocenters. The summed E-state index contributed by atoms with van der Waals surface area (Å²) in [7, 11) is -5.35. The summed E-state index contributed by atoms with van der Waals surface area (Å²) in [6.45, 7) is 2.35. The number of halogens is 4. The minimum atomic E-state index is -5.35. The van der Waals surface area contributed by atoms with Crippen LogP contribution in [-0.4, -0.2) is 26.4 Å². The first-order valence-electron chi connectivity index (χ1n) is 6.40. The van der Waals surface area contributed by atoms with Crippen LogP contribution in [0.3, 0.4) is 0 Å². The Bertz CT molecular complexity index is 561. The number of anilines is 1. The lowest BCUT2D eigenvalue weighted by Crippen LogP contribution is -2.24. The molecule has 1 unspecified atom stereocenters. The zero-order chi connectivity index (χ0) is 16.1. The van der Waals surface area contributed by atoms with Crippen LogP contribution in [0.4, 0.5) is 18.9 Å². The van der Waals surface area contributed by atoms with Gasteiger partial charge in [-0.2, -0.15) is 13.2 Å². The Hall–Kier alpha value is -0.950. The van der Waals surface area contributed by atoms with Crippen molar-refractivity contribution in [2.45, 2.75) is 30.2 Å². The van der Waals surface area contributed by atoms with Gasteiger partial charge in [0.1, 0.15) is 0 Å². The monoisotopic (exact) mass is 343 g/mol. The average molecular weight is 344 g/mol. The highest BCUT2D eigenvalue weighted by Gasteiger charge is 2.47. The van der Waals surface area contributed by atoms with Gasteiger partial charge in [-0.3, -0.25) is 0 Å². The van der Waals surface area contributed by atoms with Crippen molar-refractivity contribution in [1.29, 1.82) is 0 Å². The third-order valence-corrected chi connectivity index (χ3v) is 5.01. The predicted molar refractivity (Wildman–Crippen MR) is 77.3 cm³/mol. The van der Waals surface area contributed by atoms with Crippen molar-refractivity contribution in [3.8, 4) is 0 Å². The molecule has 0 aliphatic rings. The van der Waals surface area contributed by atoms with Gasteiger partial charge in [0.25, 0.3) is 9.84 Å². The highest BCUT2D eigenvalue weighted by molar-refractivity contribution is 7.92. The van der Waals surface area contributed by atoms with Crippen molar-refractivity contribution in [2.75, 3.05) is 17.7 Å². The molecule has 0 saturated carbocycles. The number of sulfone groups is 1. The number of alkyl halides is 4. The smallest absolute Gasteiger partial charge is 0.384 e. The molecule has 0 radical (unpaired) electrons. The molecule has 8 heteroatoms. The molecule has 0 fully saturated rings. The molecule has 120 valence electrons. The second kappa shape index (κ2) is 7.35. The number of benzene rings is 1. The summed E-state index contributed by atoms with van der Waals surface area (Å²) in [5, 5.41) is 2.75. The van der Waals surface area contributed by atoms with Crippen LogP contribution in [0, 0.1) is 5.92 Å². The van der Waals surface area contributed by atoms with Crippen LogP contribution in [0.25, 0.3) is 0 Å². The van der Waals surface area contributed by atoms with Crippen LogP contribution < -0.4 is 5.32 Å². The molecule has 0 aliphatic carbocycles. The van der Waals surface area contributed by atoms with Gasteiger partial charge in [-0.1, -0.05) is 19.1 Å². The Kier molecular flexibility index (Phi) is 6.34. The molecule has 0 heterocycles. The molecule has 3 nitrogen and oxygen atoms in total. The van der Waals surface area contributed by atoms with Gasteiger partial charge in [0.05, 0.1) is 10.6 Å². The van der Waals surface area contributed by atoms with Crippen LogP contribution in [0.5, 0.6) is 0 Å². The summed E-state index contributed by atoms with van der Waals surface area (Å²) >= 11 is 5.66. The average Bonchev–Trinajstić information content (AvgIpc) is 2.42. The number of nitrogens with one attached hydrogen (secondary N) is 1. The molecule has 0 aromatic heterocycles. The molecule has 0 amide bonds. The SMILES string of the molecule is CC(CCl)CCCNc1ccccc1S(=O)(=O)C(F)(F)F. The minimum absolute atomic E-state index is 0.0339. The van der Waals surface area contributed by atoms with E-state index < -0.39 is 20.2 Å². The van der Waals surface area contributed by atoms with E-state index in [0.717, 1.165) is 12.5 Å². The van der Waals surface area contributed by atoms with E-state index in [0.29, 0.717) is 24.8 Å². The van der Waals surface area contributed by atoms with Gasteiger partial charge in [-0.25, -0.2) is 8.42 Å². The maximum Gasteiger partial charge on any atom is 0.501 e. The van der Waals surface area contributed by atoms with E-state index in [2.05, 4.69) is 5.32 Å². The molecule has 0 spiro atoms. The topological polar surface area (TPSA) is 46.2 Å². The van der Waals surface area contributed by atoms with Crippen molar-refractivity contribution in [2.24, 2.45) is 5.92 Å². The first-order valence-corrected chi connectivity index (χ1v) is 8.42. The molecule has 1 N–H and O–H groups in total. The zero-order valence-corrected chi connectivity index (χ0v) is 13.0. The largest absolute Gasteiger partial charge is 0.501 e. The zero-order valence-electron chi connectivity index (χ0n) is 11.5. The Morgan fingerprint density at radius 3 is 2.48 bits per heavy atom. The van der Waals surface area contributed by atoms with E-state index in [1.165, 1.54) is 18.2 Å². The molecule has 0 bridgehead atoms. The molecule has 0 saturated heterocycles. The van der Waals surface area contributed by atoms with Crippen molar-refractivity contribution >= 4 is 27.1 Å². The standard InChI is InChI=1S/C13H17ClF3NO2S/c1-10(9-14)5-4-8-18-11-6-2-3-7-12(11)21(19,20)13(15,16)17/h2-3,6-7,10,18H,4-5,8-9H2,1H3. The van der Waals surface area contributed by atoms with E-state index >= 15 is 0 Å². The van der Waals surface area contributed by atoms with Crippen molar-refractivity contribution in [1.82, 2.24) is 0 Å². The van der Waals surface area contributed by atoms with Gasteiger partial charge >= 0.3 is 5.51 Å². The second-order valence-corrected chi connectivity index (χ2v) is 6.99. The maximum absolute atomic E-state index is 12.6. The summed E-state index contributed by atoms with van der Waals surface area (Å²) in [6, 6.07) is 5.02. The lowest BCUT2D eigenvalue weighted by Gasteiger charge is -2.14. The number of hydrogen-bond acceptors (Lipinski definition) is 3. The number of rotatable bonds is 7. The van der Waals surface area contributed by atoms with E-state index in [-0.39, 0.29) is 5.69 Å². The Labute approximate surface area is 127 Å². The molecule has 0 aliphatic heterocycles. The first kappa shape index (κ1) is 18.1.